The first-order valence-electron chi connectivity index (χ1n) is 6.48. The van der Waals surface area contributed by atoms with E-state index in [1.165, 1.54) is 10.9 Å². The van der Waals surface area contributed by atoms with Crippen molar-refractivity contribution in [3.05, 3.63) is 35.6 Å². The summed E-state index contributed by atoms with van der Waals surface area (Å²) in [4.78, 5) is 0. The molecule has 0 saturated heterocycles. The van der Waals surface area contributed by atoms with Crippen LogP contribution in [0.1, 0.15) is 37.6 Å². The van der Waals surface area contributed by atoms with Crippen LogP contribution in [0.25, 0.3) is 11.0 Å². The maximum absolute atomic E-state index is 8.93. The van der Waals surface area contributed by atoms with Crippen molar-refractivity contribution in [2.45, 2.75) is 39.3 Å². The minimum atomic E-state index is 0.152. The van der Waals surface area contributed by atoms with E-state index in [2.05, 4.69) is 32.2 Å². The average molecular weight is 247 g/mol. The molecule has 0 saturated carbocycles. The lowest BCUT2D eigenvalue weighted by Crippen LogP contribution is -2.29. The molecular weight excluding hydrogens is 226 g/mol. The Morgan fingerprint density at radius 2 is 2.00 bits per heavy atom. The van der Waals surface area contributed by atoms with Gasteiger partial charge in [-0.2, -0.15) is 0 Å². The average Bonchev–Trinajstić information content (AvgIpc) is 2.68. The zero-order chi connectivity index (χ0) is 13.1. The molecule has 0 aliphatic heterocycles. The highest BCUT2D eigenvalue weighted by Crippen LogP contribution is 2.29. The molecule has 0 aliphatic rings. The van der Waals surface area contributed by atoms with Gasteiger partial charge in [0.05, 0.1) is 6.04 Å². The molecule has 98 valence electrons. The van der Waals surface area contributed by atoms with E-state index in [-0.39, 0.29) is 18.7 Å². The fourth-order valence-electron chi connectivity index (χ4n) is 2.39. The van der Waals surface area contributed by atoms with Crippen molar-refractivity contribution in [1.82, 2.24) is 5.32 Å². The molecule has 0 bridgehead atoms. The van der Waals surface area contributed by atoms with E-state index in [0.717, 1.165) is 17.8 Å². The summed E-state index contributed by atoms with van der Waals surface area (Å²) in [7, 11) is 0. The molecule has 2 N–H and O–H groups in total. The molecular formula is C15H21NO2. The second-order valence-electron chi connectivity index (χ2n) is 4.89. The number of aliphatic hydroxyl groups excluding tert-OH is 1. The molecule has 1 aromatic carbocycles. The van der Waals surface area contributed by atoms with Crippen molar-refractivity contribution in [3.63, 3.8) is 0 Å². The summed E-state index contributed by atoms with van der Waals surface area (Å²) in [5.41, 5.74) is 2.13. The van der Waals surface area contributed by atoms with Crippen molar-refractivity contribution in [3.8, 4) is 0 Å². The van der Waals surface area contributed by atoms with Gasteiger partial charge >= 0.3 is 0 Å². The largest absolute Gasteiger partial charge is 0.459 e. The Labute approximate surface area is 108 Å². The number of nitrogens with one attached hydrogen (secondary N) is 1. The van der Waals surface area contributed by atoms with Crippen LogP contribution >= 0.6 is 0 Å². The van der Waals surface area contributed by atoms with Gasteiger partial charge in [0.2, 0.25) is 0 Å². The Morgan fingerprint density at radius 3 is 2.67 bits per heavy atom. The quantitative estimate of drug-likeness (QED) is 0.853. The molecule has 3 heteroatoms. The van der Waals surface area contributed by atoms with Crippen LogP contribution in [-0.4, -0.2) is 17.8 Å². The zero-order valence-electron chi connectivity index (χ0n) is 11.2. The van der Waals surface area contributed by atoms with Crippen molar-refractivity contribution in [2.75, 3.05) is 6.61 Å². The predicted octanol–water partition coefficient (Wildman–Crippen LogP) is 3.16. The molecule has 18 heavy (non-hydrogen) atoms. The van der Waals surface area contributed by atoms with Crippen LogP contribution in [0.4, 0.5) is 0 Å². The summed E-state index contributed by atoms with van der Waals surface area (Å²) in [6.45, 7) is 6.47. The summed E-state index contributed by atoms with van der Waals surface area (Å²) in [5.74, 6) is 0.987. The van der Waals surface area contributed by atoms with Crippen molar-refractivity contribution in [2.24, 2.45) is 0 Å². The highest BCUT2D eigenvalue weighted by molar-refractivity contribution is 5.82. The summed E-state index contributed by atoms with van der Waals surface area (Å²) in [5, 5.41) is 13.5. The van der Waals surface area contributed by atoms with Crippen molar-refractivity contribution < 1.29 is 9.52 Å². The van der Waals surface area contributed by atoms with Crippen LogP contribution in [0.3, 0.4) is 0 Å². The van der Waals surface area contributed by atoms with Crippen molar-refractivity contribution >= 4 is 11.0 Å². The first-order valence-corrected chi connectivity index (χ1v) is 6.48. The van der Waals surface area contributed by atoms with Crippen LogP contribution in [-0.2, 0) is 0 Å². The smallest absolute Gasteiger partial charge is 0.134 e. The van der Waals surface area contributed by atoms with Gasteiger partial charge in [-0.25, -0.2) is 0 Å². The SMILES string of the molecule is Cc1c(C(C)NC(C)CCO)oc2ccccc12. The molecule has 2 atom stereocenters. The number of fused-ring (bicyclic) bond motifs is 1. The Bertz CT molecular complexity index is 518. The highest BCUT2D eigenvalue weighted by atomic mass is 16.3. The van der Waals surface area contributed by atoms with Crippen molar-refractivity contribution in [1.29, 1.82) is 0 Å². The maximum Gasteiger partial charge on any atom is 0.134 e. The van der Waals surface area contributed by atoms with Gasteiger partial charge in [0.15, 0.2) is 0 Å². The second kappa shape index (κ2) is 5.55. The standard InChI is InChI=1S/C15H21NO2/c1-10(8-9-17)16-12(3)15-11(2)13-6-4-5-7-14(13)18-15/h4-7,10,12,16-17H,8-9H2,1-3H3. The monoisotopic (exact) mass is 247 g/mol. The van der Waals surface area contributed by atoms with Gasteiger partial charge in [0, 0.05) is 18.0 Å². The Morgan fingerprint density at radius 1 is 1.28 bits per heavy atom. The molecule has 0 radical (unpaired) electrons. The number of rotatable bonds is 5. The third kappa shape index (κ3) is 2.57. The lowest BCUT2D eigenvalue weighted by molar-refractivity contribution is 0.261. The zero-order valence-corrected chi connectivity index (χ0v) is 11.2. The van der Waals surface area contributed by atoms with E-state index >= 15 is 0 Å². The summed E-state index contributed by atoms with van der Waals surface area (Å²) < 4.78 is 5.91. The minimum absolute atomic E-state index is 0.152. The molecule has 0 fully saturated rings. The van der Waals surface area contributed by atoms with Gasteiger partial charge in [-0.3, -0.25) is 0 Å². The van der Waals surface area contributed by atoms with Gasteiger partial charge in [-0.05, 0) is 38.8 Å². The number of aliphatic hydroxyl groups is 1. The first-order chi connectivity index (χ1) is 8.63. The van der Waals surface area contributed by atoms with Gasteiger partial charge in [0.25, 0.3) is 0 Å². The van der Waals surface area contributed by atoms with Crippen LogP contribution in [0.2, 0.25) is 0 Å². The molecule has 2 unspecified atom stereocenters. The minimum Gasteiger partial charge on any atom is -0.459 e. The third-order valence-corrected chi connectivity index (χ3v) is 3.37. The molecule has 1 aromatic heterocycles. The topological polar surface area (TPSA) is 45.4 Å². The molecule has 0 amide bonds. The third-order valence-electron chi connectivity index (χ3n) is 3.37. The normalized spacial score (nSPS) is 14.9. The number of aryl methyl sites for hydroxylation is 1. The number of furan rings is 1. The van der Waals surface area contributed by atoms with Crippen LogP contribution < -0.4 is 5.32 Å². The molecule has 2 rings (SSSR count). The molecule has 0 aliphatic carbocycles. The number of hydrogen-bond acceptors (Lipinski definition) is 3. The maximum atomic E-state index is 8.93. The van der Waals surface area contributed by atoms with Crippen LogP contribution in [0.5, 0.6) is 0 Å². The summed E-state index contributed by atoms with van der Waals surface area (Å²) >= 11 is 0. The van der Waals surface area contributed by atoms with E-state index in [0.29, 0.717) is 0 Å². The summed E-state index contributed by atoms with van der Waals surface area (Å²) in [6.07, 6.45) is 0.754. The fourth-order valence-corrected chi connectivity index (χ4v) is 2.39. The van der Waals surface area contributed by atoms with Gasteiger partial charge in [-0.1, -0.05) is 18.2 Å². The lowest BCUT2D eigenvalue weighted by atomic mass is 10.1. The Hall–Kier alpha value is -1.32. The Balaban J connectivity index is 2.22. The van der Waals surface area contributed by atoms with E-state index in [1.807, 2.05) is 18.2 Å². The van der Waals surface area contributed by atoms with Gasteiger partial charge < -0.3 is 14.8 Å². The van der Waals surface area contributed by atoms with Crippen LogP contribution in [0, 0.1) is 6.92 Å². The van der Waals surface area contributed by atoms with E-state index in [4.69, 9.17) is 9.52 Å². The van der Waals surface area contributed by atoms with Gasteiger partial charge in [0.1, 0.15) is 11.3 Å². The Kier molecular flexibility index (Phi) is 4.04. The van der Waals surface area contributed by atoms with E-state index < -0.39 is 0 Å². The number of benzene rings is 1. The summed E-state index contributed by atoms with van der Waals surface area (Å²) in [6, 6.07) is 8.52. The molecule has 3 nitrogen and oxygen atoms in total. The predicted molar refractivity (Wildman–Crippen MR) is 73.7 cm³/mol. The van der Waals surface area contributed by atoms with Crippen LogP contribution in [0.15, 0.2) is 28.7 Å². The fraction of sp³-hybridized carbons (Fsp3) is 0.467. The molecule has 0 spiro atoms. The molecule has 2 aromatic rings. The van der Waals surface area contributed by atoms with E-state index in [9.17, 15) is 0 Å². The second-order valence-corrected chi connectivity index (χ2v) is 4.89. The molecule has 1 heterocycles. The van der Waals surface area contributed by atoms with Gasteiger partial charge in [-0.15, -0.1) is 0 Å². The van der Waals surface area contributed by atoms with E-state index in [1.54, 1.807) is 0 Å². The number of para-hydroxylation sites is 1. The first kappa shape index (κ1) is 13.1. The lowest BCUT2D eigenvalue weighted by Gasteiger charge is -2.18. The number of hydrogen-bond donors (Lipinski definition) is 2. The highest BCUT2D eigenvalue weighted by Gasteiger charge is 2.17.